The average Bonchev–Trinajstić information content (AvgIpc) is 2.11. The fourth-order valence-corrected chi connectivity index (χ4v) is 10.8. The number of carbonyl (C=O) groups is 2. The van der Waals surface area contributed by atoms with Gasteiger partial charge in [-0.05, 0) is 145 Å². The van der Waals surface area contributed by atoms with Gasteiger partial charge in [-0.25, -0.2) is 57.4 Å². The van der Waals surface area contributed by atoms with Gasteiger partial charge in [-0.1, -0.05) is 12.1 Å². The van der Waals surface area contributed by atoms with Crippen LogP contribution in [0.5, 0.6) is 0 Å². The Bertz CT molecular complexity index is 3400. The minimum Gasteiger partial charge on any atom is -0.483 e. The van der Waals surface area contributed by atoms with Gasteiger partial charge in [0.1, 0.15) is 45.7 Å². The van der Waals surface area contributed by atoms with E-state index in [1.807, 2.05) is 76.7 Å². The number of aryl methyl sites for hydroxylation is 2. The molecule has 84 heavy (non-hydrogen) atoms. The number of rotatable bonds is 12. The molecule has 6 aromatic heterocycles. The van der Waals surface area contributed by atoms with E-state index in [0.717, 1.165) is 75.9 Å². The molecule has 0 spiro atoms. The summed E-state index contributed by atoms with van der Waals surface area (Å²) >= 11 is 0. The number of benzene rings is 2. The predicted molar refractivity (Wildman–Crippen MR) is 318 cm³/mol. The van der Waals surface area contributed by atoms with Crippen LogP contribution in [-0.4, -0.2) is 159 Å². The molecule has 0 fully saturated rings. The lowest BCUT2D eigenvalue weighted by atomic mass is 9.98. The summed E-state index contributed by atoms with van der Waals surface area (Å²) in [6.45, 7) is 25.6. The van der Waals surface area contributed by atoms with Gasteiger partial charge in [-0.15, -0.1) is 0 Å². The summed E-state index contributed by atoms with van der Waals surface area (Å²) in [4.78, 5) is 61.6. The van der Waals surface area contributed by atoms with Gasteiger partial charge in [0.25, 0.3) is 12.9 Å². The Kier molecular flexibility index (Phi) is 20.2. The molecule has 0 saturated carbocycles. The molecule has 2 aromatic carbocycles. The van der Waals surface area contributed by atoms with E-state index >= 15 is 8.78 Å². The van der Waals surface area contributed by atoms with E-state index in [0.29, 0.717) is 45.4 Å². The van der Waals surface area contributed by atoms with Crippen LogP contribution in [0.4, 0.5) is 41.1 Å². The van der Waals surface area contributed by atoms with Crippen LogP contribution < -0.4 is 10.6 Å². The van der Waals surface area contributed by atoms with Crippen molar-refractivity contribution in [2.75, 3.05) is 78.1 Å². The molecule has 0 bridgehead atoms. The van der Waals surface area contributed by atoms with Gasteiger partial charge in [0, 0.05) is 97.8 Å². The van der Waals surface area contributed by atoms with Crippen LogP contribution in [0.2, 0.25) is 0 Å². The number of hydrogen-bond donors (Lipinski definition) is 4. The molecule has 8 aromatic rings. The molecule has 0 saturated heterocycles. The van der Waals surface area contributed by atoms with Gasteiger partial charge in [-0.3, -0.25) is 19.4 Å². The number of nitrogens with zero attached hydrogens (tertiary/aromatic N) is 14. The lowest BCUT2D eigenvalue weighted by Gasteiger charge is -2.35. The number of hydrogen-bond acceptors (Lipinski definition) is 16. The molecule has 24 heteroatoms. The second kappa shape index (κ2) is 26.7. The molecule has 2 aliphatic rings. The van der Waals surface area contributed by atoms with Crippen LogP contribution in [0.15, 0.2) is 60.9 Å². The molecular weight excluding hydrogens is 1080 g/mol. The number of fused-ring (bicyclic) bond motifs is 4. The summed E-state index contributed by atoms with van der Waals surface area (Å²) in [7, 11) is 8.34. The molecule has 0 unspecified atom stereocenters. The lowest BCUT2D eigenvalue weighted by Crippen LogP contribution is -2.38. The maximum atomic E-state index is 15.1. The molecule has 4 N–H and O–H groups in total. The highest BCUT2D eigenvalue weighted by Crippen LogP contribution is 2.36. The molecule has 10 rings (SSSR count). The molecule has 0 aliphatic carbocycles. The van der Waals surface area contributed by atoms with E-state index in [1.54, 1.807) is 12.1 Å². The van der Waals surface area contributed by atoms with Gasteiger partial charge >= 0.3 is 0 Å². The number of anilines is 4. The van der Waals surface area contributed by atoms with E-state index in [1.165, 1.54) is 23.3 Å². The highest BCUT2D eigenvalue weighted by atomic mass is 19.1. The number of carboxylic acid groups (broad SMARTS) is 2. The van der Waals surface area contributed by atoms with E-state index in [-0.39, 0.29) is 70.4 Å². The predicted octanol–water partition coefficient (Wildman–Crippen LogP) is 10.3. The summed E-state index contributed by atoms with van der Waals surface area (Å²) in [5, 5.41) is 20.0. The van der Waals surface area contributed by atoms with Crippen molar-refractivity contribution >= 4 is 58.5 Å². The molecular formula is C60H76F4N16O4. The number of pyridine rings is 2. The standard InChI is InChI=1S/2C29H36F2N8.2CH2O2/c2*1-17-20-8-9-25(34-23(20)10-11-38(17)13-12-37(6)7)35-28-32-16-22(31)26(36-28)19-14-21(30)27-24(15-19)39(18(2)33-27)29(3,4)5;2*2-1-3/h2*8-9,14-17H,10-13H2,1-7H3,(H,32,34,35,36);2*1H,(H,2,3)/t2*17-;;/m10../s1. The highest BCUT2D eigenvalue weighted by Gasteiger charge is 2.29. The van der Waals surface area contributed by atoms with Crippen LogP contribution in [0.3, 0.4) is 0 Å². The van der Waals surface area contributed by atoms with E-state index in [4.69, 9.17) is 29.8 Å². The summed E-state index contributed by atoms with van der Waals surface area (Å²) in [5.41, 5.74) is 6.17. The maximum absolute atomic E-state index is 15.1. The fraction of sp³-hybridized carbons (Fsp3) is 0.433. The van der Waals surface area contributed by atoms with E-state index in [9.17, 15) is 8.78 Å². The average molecular weight is 1160 g/mol. The summed E-state index contributed by atoms with van der Waals surface area (Å²) in [6, 6.07) is 14.5. The third-order valence-corrected chi connectivity index (χ3v) is 14.6. The van der Waals surface area contributed by atoms with Crippen molar-refractivity contribution in [3.05, 3.63) is 118 Å². The van der Waals surface area contributed by atoms with Crippen LogP contribution in [0.25, 0.3) is 44.6 Å². The van der Waals surface area contributed by atoms with Gasteiger partial charge in [0.2, 0.25) is 11.9 Å². The van der Waals surface area contributed by atoms with E-state index < -0.39 is 23.3 Å². The molecule has 0 amide bonds. The maximum Gasteiger partial charge on any atom is 0.290 e. The fourth-order valence-electron chi connectivity index (χ4n) is 10.8. The van der Waals surface area contributed by atoms with Crippen molar-refractivity contribution in [3.8, 4) is 22.5 Å². The molecule has 2 aliphatic heterocycles. The van der Waals surface area contributed by atoms with Gasteiger partial charge < -0.3 is 39.8 Å². The van der Waals surface area contributed by atoms with Crippen molar-refractivity contribution in [1.29, 1.82) is 0 Å². The first-order valence-corrected chi connectivity index (χ1v) is 27.6. The number of nitrogens with one attached hydrogen (secondary N) is 2. The molecule has 448 valence electrons. The van der Waals surface area contributed by atoms with Crippen molar-refractivity contribution in [2.24, 2.45) is 0 Å². The highest BCUT2D eigenvalue weighted by molar-refractivity contribution is 5.84. The second-order valence-electron chi connectivity index (χ2n) is 23.2. The first-order valence-electron chi connectivity index (χ1n) is 27.6. The SMILES string of the molecule is Cc1nc2c(F)cc(-c3nc(Nc4ccc5c(n4)CCN(CCN(C)C)[C@@H]5C)ncc3F)cc2n1C(C)(C)C.Cc1nc2c(F)cc(-c3nc(Nc4ccc5c(n4)CCN(CCN(C)C)[C@H]5C)ncc3F)cc2n1C(C)(C)C.O=CO.O=CO. The number of aromatic nitrogens is 10. The second-order valence-corrected chi connectivity index (χ2v) is 23.2. The van der Waals surface area contributed by atoms with Gasteiger partial charge in [0.15, 0.2) is 23.3 Å². The topological polar surface area (TPSA) is 225 Å². The Labute approximate surface area is 487 Å². The monoisotopic (exact) mass is 1160 g/mol. The summed E-state index contributed by atoms with van der Waals surface area (Å²) in [5.74, 6) is 0.614. The van der Waals surface area contributed by atoms with Gasteiger partial charge in [0.05, 0.1) is 23.4 Å². The van der Waals surface area contributed by atoms with Crippen molar-refractivity contribution in [2.45, 2.75) is 105 Å². The van der Waals surface area contributed by atoms with Gasteiger partial charge in [-0.2, -0.15) is 0 Å². The zero-order valence-electron chi connectivity index (χ0n) is 50.2. The summed E-state index contributed by atoms with van der Waals surface area (Å²) < 4.78 is 64.1. The Balaban J connectivity index is 0.000000221. The van der Waals surface area contributed by atoms with Crippen LogP contribution in [-0.2, 0) is 33.5 Å². The van der Waals surface area contributed by atoms with E-state index in [2.05, 4.69) is 114 Å². The molecule has 2 atom stereocenters. The minimum atomic E-state index is -0.636. The Morgan fingerprint density at radius 2 is 0.929 bits per heavy atom. The van der Waals surface area contributed by atoms with Crippen LogP contribution >= 0.6 is 0 Å². The first-order chi connectivity index (χ1) is 39.7. The Morgan fingerprint density at radius 3 is 1.26 bits per heavy atom. The lowest BCUT2D eigenvalue weighted by molar-refractivity contribution is -0.123. The van der Waals surface area contributed by atoms with Crippen LogP contribution in [0, 0.1) is 37.1 Å². The Hall–Kier alpha value is -8.06. The number of likely N-dealkylation sites (N-methyl/N-ethyl adjacent to an activating group) is 2. The molecule has 20 nitrogen and oxygen atoms in total. The Morgan fingerprint density at radius 1 is 0.571 bits per heavy atom. The van der Waals surface area contributed by atoms with Crippen molar-refractivity contribution in [3.63, 3.8) is 0 Å². The van der Waals surface area contributed by atoms with Crippen molar-refractivity contribution in [1.82, 2.24) is 68.6 Å². The molecule has 0 radical (unpaired) electrons. The minimum absolute atomic E-state index is 0.00993. The third-order valence-electron chi connectivity index (χ3n) is 14.6. The summed E-state index contributed by atoms with van der Waals surface area (Å²) in [6.07, 6.45) is 3.89. The van der Waals surface area contributed by atoms with Crippen molar-refractivity contribution < 1.29 is 37.4 Å². The molecule has 8 heterocycles. The smallest absolute Gasteiger partial charge is 0.290 e. The van der Waals surface area contributed by atoms with Crippen LogP contribution in [0.1, 0.15) is 102 Å². The number of halogens is 4. The first kappa shape index (κ1) is 63.5. The quantitative estimate of drug-likeness (QED) is 0.0659. The normalized spacial score (nSPS) is 15.3. The third kappa shape index (κ3) is 14.6. The largest absolute Gasteiger partial charge is 0.483 e. The number of imidazole rings is 2. The zero-order chi connectivity index (χ0) is 61.5. The zero-order valence-corrected chi connectivity index (χ0v) is 50.2.